The second kappa shape index (κ2) is 10.3. The highest BCUT2D eigenvalue weighted by Gasteiger charge is 2.26. The van der Waals surface area contributed by atoms with Crippen LogP contribution in [0.5, 0.6) is 0 Å². The van der Waals surface area contributed by atoms with Gasteiger partial charge in [-0.25, -0.2) is 15.0 Å². The number of rotatable bonds is 6. The van der Waals surface area contributed by atoms with Crippen LogP contribution in [0.25, 0.3) is 27.8 Å². The predicted octanol–water partition coefficient (Wildman–Crippen LogP) is 3.77. The van der Waals surface area contributed by atoms with E-state index in [2.05, 4.69) is 20.3 Å². The third-order valence-corrected chi connectivity index (χ3v) is 7.24. The van der Waals surface area contributed by atoms with Crippen molar-refractivity contribution in [2.24, 2.45) is 0 Å². The maximum atomic E-state index is 13.6. The molecule has 0 saturated heterocycles. The zero-order chi connectivity index (χ0) is 29.6. The molecule has 0 aliphatic heterocycles. The number of para-hydroxylation sites is 1. The lowest BCUT2D eigenvalue weighted by molar-refractivity contribution is 0.0627. The molecule has 212 valence electrons. The Labute approximate surface area is 240 Å². The number of ketones is 1. The maximum absolute atomic E-state index is 13.6. The molecular weight excluding hydrogens is 534 g/mol. The largest absolute Gasteiger partial charge is 0.389 e. The number of aromatic nitrogens is 5. The van der Waals surface area contributed by atoms with Crippen molar-refractivity contribution < 1.29 is 14.7 Å². The molecule has 6 rings (SSSR count). The number of hydrogen-bond donors (Lipinski definition) is 3. The quantitative estimate of drug-likeness (QED) is 0.282. The number of aliphatic hydroxyl groups is 1. The van der Waals surface area contributed by atoms with Crippen molar-refractivity contribution in [3.8, 4) is 16.8 Å². The second-order valence-corrected chi connectivity index (χ2v) is 11.0. The number of pyridine rings is 2. The first-order valence-corrected chi connectivity index (χ1v) is 13.6. The summed E-state index contributed by atoms with van der Waals surface area (Å²) in [6.45, 7) is 3.69. The van der Waals surface area contributed by atoms with Crippen molar-refractivity contribution in [3.63, 3.8) is 0 Å². The van der Waals surface area contributed by atoms with E-state index < -0.39 is 17.1 Å². The highest BCUT2D eigenvalue weighted by atomic mass is 16.3. The zero-order valence-electron chi connectivity index (χ0n) is 23.2. The summed E-state index contributed by atoms with van der Waals surface area (Å²) in [7, 11) is 0. The van der Waals surface area contributed by atoms with Crippen LogP contribution >= 0.6 is 0 Å². The van der Waals surface area contributed by atoms with Gasteiger partial charge in [-0.05, 0) is 57.0 Å². The molecule has 1 aromatic carbocycles. The number of anilines is 2. The van der Waals surface area contributed by atoms with Crippen LogP contribution < -0.4 is 16.6 Å². The number of fused-ring (bicyclic) bond motifs is 2. The molecule has 0 unspecified atom stereocenters. The summed E-state index contributed by atoms with van der Waals surface area (Å²) in [5.74, 6) is -0.239. The molecular formula is C31H29N7O4. The molecule has 11 heteroatoms. The Kier molecular flexibility index (Phi) is 6.66. The van der Waals surface area contributed by atoms with E-state index in [4.69, 9.17) is 5.73 Å². The number of nitrogens with one attached hydrogen (secondary N) is 1. The Balaban J connectivity index is 1.34. The fourth-order valence-electron chi connectivity index (χ4n) is 5.42. The Hall–Kier alpha value is -5.16. The SMILES string of the molecule is CC(C)(O)Cn1cc(-c2ccc(NC(=O)c3cc4c(n(-c5ccccc5)c3=O)CCCC4=O)nc2)c2c(N)ncnc21. The second-order valence-electron chi connectivity index (χ2n) is 11.0. The minimum atomic E-state index is -0.990. The summed E-state index contributed by atoms with van der Waals surface area (Å²) in [5.41, 5.74) is 8.16. The predicted molar refractivity (Wildman–Crippen MR) is 159 cm³/mol. The summed E-state index contributed by atoms with van der Waals surface area (Å²) in [6, 6.07) is 13.8. The third kappa shape index (κ3) is 4.94. The minimum absolute atomic E-state index is 0.0931. The van der Waals surface area contributed by atoms with E-state index in [1.807, 2.05) is 16.8 Å². The van der Waals surface area contributed by atoms with Gasteiger partial charge in [0.25, 0.3) is 11.5 Å². The van der Waals surface area contributed by atoms with Crippen molar-refractivity contribution in [1.29, 1.82) is 0 Å². The number of hydrogen-bond acceptors (Lipinski definition) is 8. The van der Waals surface area contributed by atoms with Gasteiger partial charge in [0, 0.05) is 46.9 Å². The molecule has 4 aromatic heterocycles. The average molecular weight is 564 g/mol. The minimum Gasteiger partial charge on any atom is -0.389 e. The lowest BCUT2D eigenvalue weighted by atomic mass is 9.92. The van der Waals surface area contributed by atoms with Gasteiger partial charge in [0.05, 0.1) is 17.5 Å². The van der Waals surface area contributed by atoms with Crippen molar-refractivity contribution in [2.45, 2.75) is 45.3 Å². The molecule has 1 aliphatic rings. The lowest BCUT2D eigenvalue weighted by Gasteiger charge is -2.21. The normalized spacial score (nSPS) is 13.3. The van der Waals surface area contributed by atoms with Crippen LogP contribution in [0.1, 0.15) is 53.1 Å². The van der Waals surface area contributed by atoms with E-state index in [9.17, 15) is 19.5 Å². The molecule has 0 spiro atoms. The summed E-state index contributed by atoms with van der Waals surface area (Å²) in [4.78, 5) is 52.7. The number of benzene rings is 1. The smallest absolute Gasteiger partial charge is 0.268 e. The number of nitrogen functional groups attached to an aromatic ring is 1. The van der Waals surface area contributed by atoms with Crippen LogP contribution in [-0.4, -0.2) is 46.5 Å². The molecule has 0 fully saturated rings. The number of amides is 1. The lowest BCUT2D eigenvalue weighted by Crippen LogP contribution is -2.33. The molecule has 0 saturated carbocycles. The molecule has 0 atom stereocenters. The first kappa shape index (κ1) is 27.0. The first-order chi connectivity index (χ1) is 20.1. The van der Waals surface area contributed by atoms with Gasteiger partial charge in [-0.3, -0.25) is 19.0 Å². The molecule has 0 radical (unpaired) electrons. The Bertz CT molecular complexity index is 1900. The summed E-state index contributed by atoms with van der Waals surface area (Å²) < 4.78 is 3.28. The summed E-state index contributed by atoms with van der Waals surface area (Å²) in [6.07, 6.45) is 6.36. The third-order valence-electron chi connectivity index (χ3n) is 7.24. The number of nitrogens with two attached hydrogens (primary N) is 1. The Morgan fingerprint density at radius 1 is 1.05 bits per heavy atom. The molecule has 4 heterocycles. The van der Waals surface area contributed by atoms with Crippen molar-refractivity contribution in [3.05, 3.63) is 94.4 Å². The van der Waals surface area contributed by atoms with Crippen molar-refractivity contribution in [2.75, 3.05) is 11.1 Å². The molecule has 4 N–H and O–H groups in total. The highest BCUT2D eigenvalue weighted by molar-refractivity contribution is 6.07. The topological polar surface area (TPSA) is 158 Å². The van der Waals surface area contributed by atoms with E-state index in [1.165, 1.54) is 17.0 Å². The van der Waals surface area contributed by atoms with Crippen molar-refractivity contribution in [1.82, 2.24) is 24.1 Å². The van der Waals surface area contributed by atoms with Crippen LogP contribution in [0.3, 0.4) is 0 Å². The van der Waals surface area contributed by atoms with E-state index in [0.717, 1.165) is 5.56 Å². The number of Topliss-reactive ketones (excluding diaryl/α,β-unsaturated/α-hetero) is 1. The number of nitrogens with zero attached hydrogens (tertiary/aromatic N) is 5. The number of carbonyl (C=O) groups is 2. The van der Waals surface area contributed by atoms with Gasteiger partial charge in [0.2, 0.25) is 0 Å². The molecule has 1 aliphatic carbocycles. The van der Waals surface area contributed by atoms with Crippen molar-refractivity contribution >= 4 is 34.4 Å². The van der Waals surface area contributed by atoms with Crippen LogP contribution in [-0.2, 0) is 13.0 Å². The van der Waals surface area contributed by atoms with E-state index in [-0.39, 0.29) is 23.7 Å². The average Bonchev–Trinajstić information content (AvgIpc) is 3.32. The molecule has 1 amide bonds. The van der Waals surface area contributed by atoms with Gasteiger partial charge in [0.1, 0.15) is 29.2 Å². The van der Waals surface area contributed by atoms with Crippen LogP contribution in [0.2, 0.25) is 0 Å². The van der Waals surface area contributed by atoms with E-state index in [1.54, 1.807) is 56.4 Å². The van der Waals surface area contributed by atoms with Crippen LogP contribution in [0.15, 0.2) is 72.0 Å². The monoisotopic (exact) mass is 563 g/mol. The molecule has 11 nitrogen and oxygen atoms in total. The molecule has 5 aromatic rings. The van der Waals surface area contributed by atoms with Crippen LogP contribution in [0.4, 0.5) is 11.6 Å². The van der Waals surface area contributed by atoms with E-state index >= 15 is 0 Å². The van der Waals surface area contributed by atoms with Crippen LogP contribution in [0, 0.1) is 0 Å². The fraction of sp³-hybridized carbons (Fsp3) is 0.226. The molecule has 0 bridgehead atoms. The zero-order valence-corrected chi connectivity index (χ0v) is 23.2. The Morgan fingerprint density at radius 3 is 2.55 bits per heavy atom. The van der Waals surface area contributed by atoms with Gasteiger partial charge in [0.15, 0.2) is 5.78 Å². The van der Waals surface area contributed by atoms with E-state index in [0.29, 0.717) is 58.6 Å². The fourth-order valence-corrected chi connectivity index (χ4v) is 5.42. The number of carbonyl (C=O) groups excluding carboxylic acids is 2. The van der Waals surface area contributed by atoms with Gasteiger partial charge >= 0.3 is 0 Å². The maximum Gasteiger partial charge on any atom is 0.268 e. The summed E-state index contributed by atoms with van der Waals surface area (Å²) in [5, 5.41) is 13.7. The first-order valence-electron chi connectivity index (χ1n) is 13.6. The molecule has 42 heavy (non-hydrogen) atoms. The Morgan fingerprint density at radius 2 is 1.83 bits per heavy atom. The summed E-state index contributed by atoms with van der Waals surface area (Å²) >= 11 is 0. The highest BCUT2D eigenvalue weighted by Crippen LogP contribution is 2.33. The van der Waals surface area contributed by atoms with Gasteiger partial charge in [-0.15, -0.1) is 0 Å². The standard InChI is InChI=1S/C31H29N7O4/c1-31(2,42)16-37-15-22(26-27(32)34-17-35-28(26)37)18-11-12-25(33-14-18)36-29(40)21-13-20-23(9-6-10-24(20)39)38(30(21)41)19-7-4-3-5-8-19/h3-5,7-8,11-15,17,42H,6,9-10,16H2,1-2H3,(H2,32,34,35)(H,33,36,40). The van der Waals surface area contributed by atoms with Gasteiger partial charge in [-0.2, -0.15) is 0 Å². The van der Waals surface area contributed by atoms with Gasteiger partial charge in [-0.1, -0.05) is 18.2 Å². The van der Waals surface area contributed by atoms with Gasteiger partial charge < -0.3 is 20.7 Å².